The zero-order chi connectivity index (χ0) is 70.3. The number of carbonyl (C=O) groups is 1. The highest BCUT2D eigenvalue weighted by atomic mass is 16.7. The number of ether oxygens (including phenoxy) is 14. The Balaban J connectivity index is 1.04. The van der Waals surface area contributed by atoms with E-state index in [4.69, 9.17) is 66.3 Å². The first-order valence-electron chi connectivity index (χ1n) is 33.8. The summed E-state index contributed by atoms with van der Waals surface area (Å²) in [5, 5.41) is 167. The van der Waals surface area contributed by atoms with Gasteiger partial charge in [0.05, 0.1) is 59.5 Å². The third kappa shape index (κ3) is 22.7. The number of nitrogens with one attached hydrogen (secondary N) is 1. The molecule has 0 saturated carbocycles. The number of carbonyl (C=O) groups excluding carboxylic acids is 1. The Morgan fingerprint density at radius 2 is 0.804 bits per heavy atom. The number of aryl methyl sites for hydroxylation is 2. The van der Waals surface area contributed by atoms with Crippen molar-refractivity contribution in [2.24, 2.45) is 0 Å². The third-order valence-corrected chi connectivity index (χ3v) is 17.9. The van der Waals surface area contributed by atoms with Crippen LogP contribution >= 0.6 is 0 Å². The van der Waals surface area contributed by atoms with Crippen LogP contribution in [-0.4, -0.2) is 340 Å². The molecule has 5 heterocycles. The zero-order valence-corrected chi connectivity index (χ0v) is 55.4. The van der Waals surface area contributed by atoms with E-state index in [1.165, 1.54) is 16.7 Å². The van der Waals surface area contributed by atoms with Crippen LogP contribution in [0.2, 0.25) is 0 Å². The fourth-order valence-electron chi connectivity index (χ4n) is 12.0. The van der Waals surface area contributed by atoms with Gasteiger partial charge in [-0.3, -0.25) is 4.79 Å². The van der Waals surface area contributed by atoms with E-state index in [9.17, 15) is 86.5 Å². The number of hydrogen-bond donors (Lipinski definition) is 17. The topological polar surface area (TPSA) is 482 Å². The van der Waals surface area contributed by atoms with E-state index in [1.54, 1.807) is 0 Å². The summed E-state index contributed by atoms with van der Waals surface area (Å²) in [6.07, 6.45) is -32.1. The number of unbranched alkanes of at least 4 members (excludes halogenated alkanes) is 3. The molecule has 7 rings (SSSR count). The van der Waals surface area contributed by atoms with Gasteiger partial charge in [-0.05, 0) is 85.6 Å². The smallest absolute Gasteiger partial charge is 0.220 e. The van der Waals surface area contributed by atoms with Crippen LogP contribution in [0, 0.1) is 6.92 Å². The number of aliphatic hydroxyl groups is 16. The van der Waals surface area contributed by atoms with Gasteiger partial charge < -0.3 is 153 Å². The highest BCUT2D eigenvalue weighted by Crippen LogP contribution is 2.35. The fraction of sp³-hybridized carbons (Fsp3) is 0.831. The molecule has 0 radical (unpaired) electrons. The molecule has 5 fully saturated rings. The number of rotatable bonds is 41. The van der Waals surface area contributed by atoms with Gasteiger partial charge in [0.1, 0.15) is 122 Å². The Bertz CT molecular complexity index is 2490. The molecule has 0 bridgehead atoms. The Hall–Kier alpha value is -3.03. The van der Waals surface area contributed by atoms with E-state index < -0.39 is 180 Å². The summed E-state index contributed by atoms with van der Waals surface area (Å²) in [6, 6.07) is 10.7. The van der Waals surface area contributed by atoms with Crippen LogP contribution in [0.1, 0.15) is 94.2 Å². The first-order chi connectivity index (χ1) is 46.6. The average molecular weight is 1400 g/mol. The van der Waals surface area contributed by atoms with E-state index in [2.05, 4.69) is 56.4 Å². The molecule has 1 amide bonds. The molecule has 0 aromatic rings. The highest BCUT2D eigenvalue weighted by molar-refractivity contribution is 5.78. The van der Waals surface area contributed by atoms with Crippen LogP contribution in [0.15, 0.2) is 30.3 Å². The molecule has 7 aliphatic rings. The van der Waals surface area contributed by atoms with Crippen molar-refractivity contribution in [1.29, 1.82) is 0 Å². The number of fused-ring (bicyclic) bond motifs is 1. The van der Waals surface area contributed by atoms with Gasteiger partial charge in [0.2, 0.25) is 5.91 Å². The van der Waals surface area contributed by atoms with Crippen molar-refractivity contribution in [2.45, 2.75) is 244 Å². The molecule has 17 N–H and O–H groups in total. The van der Waals surface area contributed by atoms with Gasteiger partial charge in [-0.1, -0.05) is 57.0 Å². The molecule has 97 heavy (non-hydrogen) atoms. The Morgan fingerprint density at radius 3 is 1.26 bits per heavy atom. The van der Waals surface area contributed by atoms with Crippen molar-refractivity contribution >= 4 is 5.91 Å². The minimum atomic E-state index is -1.70. The maximum Gasteiger partial charge on any atom is 0.220 e. The molecule has 558 valence electrons. The van der Waals surface area contributed by atoms with Gasteiger partial charge in [-0.2, -0.15) is 0 Å². The van der Waals surface area contributed by atoms with Crippen LogP contribution in [0.5, 0.6) is 0 Å². The van der Waals surface area contributed by atoms with Crippen LogP contribution in [-0.2, 0) is 77.5 Å². The lowest BCUT2D eigenvalue weighted by atomic mass is 9.98. The molecule has 25 atom stereocenters. The monoisotopic (exact) mass is 1400 g/mol. The SMILES string of the molecule is Cc1ccc2c(CCC(=O)NCCCCCCO[C@@H]3O[C@H](COCCCO[C@H]4O[C@H](CO)[C@@H](O)[C@H](O)[C@@H]4O)[C@@H](OCCCO[C@H]4O[C@H](CO)[C@@H](O)[C@H](O)[C@@H]4O)[C@H](OCCCO[C@H]4O[C@H](CO)[C@@H](O)[C@H](O)[C@@H]4O)[C@H]3OCCCO[C@H]3O[C@H](CO)[C@@H](O)[C@H](O)[C@@H]3O)ccc(C(C)C)cc1-2. The van der Waals surface area contributed by atoms with E-state index in [0.29, 0.717) is 44.6 Å². The van der Waals surface area contributed by atoms with Gasteiger partial charge in [-0.15, -0.1) is 0 Å². The largest absolute Gasteiger partial charge is 0.394 e. The second-order valence-electron chi connectivity index (χ2n) is 25.4. The van der Waals surface area contributed by atoms with Crippen LogP contribution in [0.3, 0.4) is 0 Å². The lowest BCUT2D eigenvalue weighted by molar-refractivity contribution is -0.326. The Kier molecular flexibility index (Phi) is 34.6. The zero-order valence-electron chi connectivity index (χ0n) is 55.4. The lowest BCUT2D eigenvalue weighted by Gasteiger charge is -2.46. The molecule has 5 aliphatic heterocycles. The molecule has 0 unspecified atom stereocenters. The predicted octanol–water partition coefficient (Wildman–Crippen LogP) is -4.43. The minimum absolute atomic E-state index is 0.00113. The number of hydrogen-bond acceptors (Lipinski definition) is 31. The van der Waals surface area contributed by atoms with Crippen molar-refractivity contribution in [2.75, 3.05) is 99.0 Å². The Morgan fingerprint density at radius 1 is 0.412 bits per heavy atom. The predicted molar refractivity (Wildman–Crippen MR) is 334 cm³/mol. The van der Waals surface area contributed by atoms with Crippen LogP contribution < -0.4 is 5.32 Å². The van der Waals surface area contributed by atoms with Gasteiger partial charge >= 0.3 is 0 Å². The van der Waals surface area contributed by atoms with Gasteiger partial charge in [0.15, 0.2) is 31.5 Å². The molecule has 0 aromatic heterocycles. The average Bonchev–Trinajstić information content (AvgIpc) is 1.71. The molecule has 32 heteroatoms. The van der Waals surface area contributed by atoms with Crippen molar-refractivity contribution in [3.63, 3.8) is 0 Å². The molecular weight excluding hydrogens is 1290 g/mol. The number of amides is 1. The van der Waals surface area contributed by atoms with Crippen molar-refractivity contribution in [3.05, 3.63) is 47.0 Å². The molecule has 0 aromatic carbocycles. The highest BCUT2D eigenvalue weighted by Gasteiger charge is 2.51. The van der Waals surface area contributed by atoms with Crippen LogP contribution in [0.25, 0.3) is 11.1 Å². The van der Waals surface area contributed by atoms with E-state index >= 15 is 0 Å². The second-order valence-corrected chi connectivity index (χ2v) is 25.4. The van der Waals surface area contributed by atoms with Crippen molar-refractivity contribution in [3.8, 4) is 11.1 Å². The standard InChI is InChI=1S/C65H107NO31/c1-34(2)37-14-13-36(38-16-12-35(3)39(38)28-37)15-17-45(71)66-18-6-4-5-7-20-92-65-60(87-23-11-27-91-64-57(83)53(79)49(75)43(32-70)96-64)59(86-22-10-26-90-63-56(82)52(78)48(74)42(31-69)95-63)58(85-21-9-25-89-62-55(81)51(77)47(73)41(30-68)94-62)44(97-65)33-84-19-8-24-88-61-54(80)50(76)46(72)40(29-67)93-61/h12-14,16,28,34,40-44,46-65,67-70,72-83H,4-11,15,17-27,29-33H2,1-3H3,(H,66,71)/t40-,41-,42-,43-,44-,46-,47-,48-,49-,50+,51+,52+,53+,54+,55+,56+,57+,58-,59+,60-,61+,62+,63+,64+,65-/m1/s1. The molecule has 32 nitrogen and oxygen atoms in total. The fourth-order valence-corrected chi connectivity index (χ4v) is 12.0. The molecule has 2 aliphatic carbocycles. The lowest BCUT2D eigenvalue weighted by Crippen LogP contribution is -2.62. The summed E-state index contributed by atoms with van der Waals surface area (Å²) in [4.78, 5) is 13.1. The van der Waals surface area contributed by atoms with E-state index in [1.807, 2.05) is 0 Å². The summed E-state index contributed by atoms with van der Waals surface area (Å²) < 4.78 is 84.3. The summed E-state index contributed by atoms with van der Waals surface area (Å²) in [6.45, 7) is 3.24. The normalized spacial score (nSPS) is 35.8. The quantitative estimate of drug-likeness (QED) is 0.0279. The van der Waals surface area contributed by atoms with Gasteiger partial charge in [0, 0.05) is 46.0 Å². The Labute approximate surface area is 564 Å². The van der Waals surface area contributed by atoms with Crippen LogP contribution in [0.4, 0.5) is 0 Å². The summed E-state index contributed by atoms with van der Waals surface area (Å²) in [5.41, 5.74) is 5.84. The summed E-state index contributed by atoms with van der Waals surface area (Å²) >= 11 is 0. The van der Waals surface area contributed by atoms with Crippen molar-refractivity contribution < 1.29 is 153 Å². The summed E-state index contributed by atoms with van der Waals surface area (Å²) in [5.74, 6) is 0.287. The first-order valence-corrected chi connectivity index (χ1v) is 33.8. The van der Waals surface area contributed by atoms with E-state index in [0.717, 1.165) is 17.5 Å². The molecular formula is C65H107NO31. The maximum absolute atomic E-state index is 13.1. The molecule has 0 spiro atoms. The van der Waals surface area contributed by atoms with Gasteiger partial charge in [-0.25, -0.2) is 0 Å². The van der Waals surface area contributed by atoms with Crippen molar-refractivity contribution in [1.82, 2.24) is 5.32 Å². The number of aliphatic hydroxyl groups excluding tert-OH is 16. The van der Waals surface area contributed by atoms with E-state index in [-0.39, 0.29) is 97.7 Å². The summed E-state index contributed by atoms with van der Waals surface area (Å²) in [7, 11) is 0. The van der Waals surface area contributed by atoms with Gasteiger partial charge in [0.25, 0.3) is 0 Å². The first kappa shape index (κ1) is 81.3. The maximum atomic E-state index is 13.1. The minimum Gasteiger partial charge on any atom is -0.394 e. The third-order valence-electron chi connectivity index (χ3n) is 17.9. The molecule has 5 saturated heterocycles. The second kappa shape index (κ2) is 41.3.